The second-order valence-electron chi connectivity index (χ2n) is 5.54. The molecule has 0 aliphatic rings. The van der Waals surface area contributed by atoms with Gasteiger partial charge < -0.3 is 10.3 Å². The van der Waals surface area contributed by atoms with Crippen LogP contribution in [0.4, 0.5) is 4.39 Å². The molecular weight excluding hydrogens is 257 g/mol. The van der Waals surface area contributed by atoms with Crippen molar-refractivity contribution in [1.82, 2.24) is 10.1 Å². The first kappa shape index (κ1) is 14.7. The summed E-state index contributed by atoms with van der Waals surface area (Å²) in [6.45, 7) is 7.89. The van der Waals surface area contributed by atoms with Gasteiger partial charge in [-0.05, 0) is 43.5 Å². The number of aromatic nitrogens is 2. The molecule has 108 valence electrons. The van der Waals surface area contributed by atoms with E-state index in [1.807, 2.05) is 13.8 Å². The van der Waals surface area contributed by atoms with Crippen LogP contribution in [0.2, 0.25) is 0 Å². The quantitative estimate of drug-likeness (QED) is 0.931. The van der Waals surface area contributed by atoms with Crippen molar-refractivity contribution in [3.8, 4) is 11.4 Å². The molecule has 0 radical (unpaired) electrons. The van der Waals surface area contributed by atoms with Crippen molar-refractivity contribution in [3.63, 3.8) is 0 Å². The van der Waals surface area contributed by atoms with Crippen LogP contribution in [-0.2, 0) is 0 Å². The lowest BCUT2D eigenvalue weighted by Crippen LogP contribution is -2.28. The highest BCUT2D eigenvalue weighted by Crippen LogP contribution is 2.28. The molecule has 0 spiro atoms. The molecule has 0 aliphatic carbocycles. The van der Waals surface area contributed by atoms with Crippen LogP contribution in [0.5, 0.6) is 0 Å². The van der Waals surface area contributed by atoms with Crippen LogP contribution >= 0.6 is 0 Å². The van der Waals surface area contributed by atoms with Crippen LogP contribution in [0.1, 0.15) is 38.1 Å². The number of hydrogen-bond donors (Lipinski definition) is 1. The highest BCUT2D eigenvalue weighted by Gasteiger charge is 2.26. The van der Waals surface area contributed by atoms with Gasteiger partial charge in [0.05, 0.1) is 5.92 Å². The lowest BCUT2D eigenvalue weighted by molar-refractivity contribution is 0.300. The van der Waals surface area contributed by atoms with Crippen LogP contribution in [0.15, 0.2) is 22.7 Å². The molecule has 0 saturated carbocycles. The number of halogens is 1. The van der Waals surface area contributed by atoms with Gasteiger partial charge in [0, 0.05) is 11.6 Å². The fraction of sp³-hybridized carbons (Fsp3) is 0.467. The molecule has 0 aliphatic heterocycles. The van der Waals surface area contributed by atoms with E-state index in [1.54, 1.807) is 6.07 Å². The maximum absolute atomic E-state index is 13.1. The van der Waals surface area contributed by atoms with Gasteiger partial charge in [-0.2, -0.15) is 4.98 Å². The Hall–Kier alpha value is -1.75. The summed E-state index contributed by atoms with van der Waals surface area (Å²) in [4.78, 5) is 4.43. The average Bonchev–Trinajstić information content (AvgIpc) is 2.76. The lowest BCUT2D eigenvalue weighted by Gasteiger charge is -2.20. The summed E-state index contributed by atoms with van der Waals surface area (Å²) in [6, 6.07) is 4.44. The zero-order valence-corrected chi connectivity index (χ0v) is 12.2. The Balaban J connectivity index is 2.37. The Kier molecular flexibility index (Phi) is 4.18. The first-order chi connectivity index (χ1) is 9.40. The van der Waals surface area contributed by atoms with Crippen molar-refractivity contribution in [2.75, 3.05) is 0 Å². The monoisotopic (exact) mass is 277 g/mol. The third-order valence-electron chi connectivity index (χ3n) is 3.44. The largest absolute Gasteiger partial charge is 0.339 e. The minimum absolute atomic E-state index is 0.0111. The normalized spacial score (nSPS) is 14.6. The Morgan fingerprint density at radius 1 is 1.25 bits per heavy atom. The van der Waals surface area contributed by atoms with Gasteiger partial charge in [0.2, 0.25) is 11.7 Å². The molecule has 5 heteroatoms. The van der Waals surface area contributed by atoms with Crippen molar-refractivity contribution >= 4 is 0 Å². The maximum Gasteiger partial charge on any atom is 0.231 e. The number of rotatable bonds is 4. The summed E-state index contributed by atoms with van der Waals surface area (Å²) < 4.78 is 18.5. The number of nitrogens with two attached hydrogens (primary N) is 1. The summed E-state index contributed by atoms with van der Waals surface area (Å²) in [5, 5.41) is 4.00. The zero-order chi connectivity index (χ0) is 14.9. The van der Waals surface area contributed by atoms with Crippen LogP contribution in [0.3, 0.4) is 0 Å². The molecule has 2 atom stereocenters. The molecule has 4 nitrogen and oxygen atoms in total. The Bertz CT molecular complexity index is 585. The predicted octanol–water partition coefficient (Wildman–Crippen LogP) is 3.27. The molecule has 0 bridgehead atoms. The van der Waals surface area contributed by atoms with Crippen LogP contribution < -0.4 is 5.73 Å². The third-order valence-corrected chi connectivity index (χ3v) is 3.44. The molecule has 20 heavy (non-hydrogen) atoms. The minimum atomic E-state index is -0.273. The molecule has 0 saturated heterocycles. The van der Waals surface area contributed by atoms with Gasteiger partial charge in [0.1, 0.15) is 5.82 Å². The summed E-state index contributed by atoms with van der Waals surface area (Å²) in [7, 11) is 0. The zero-order valence-electron chi connectivity index (χ0n) is 12.2. The molecule has 1 aromatic carbocycles. The predicted molar refractivity (Wildman–Crippen MR) is 75.7 cm³/mol. The van der Waals surface area contributed by atoms with Gasteiger partial charge >= 0.3 is 0 Å². The standard InChI is InChI=1S/C15H20FN3O/c1-8(2)13(10(4)17)15-18-14(19-20-15)12-6-5-11(16)7-9(12)3/h5-8,10,13H,17H2,1-4H3. The van der Waals surface area contributed by atoms with E-state index < -0.39 is 0 Å². The lowest BCUT2D eigenvalue weighted by atomic mass is 9.90. The fourth-order valence-corrected chi connectivity index (χ4v) is 2.48. The van der Waals surface area contributed by atoms with Gasteiger partial charge in [-0.15, -0.1) is 0 Å². The summed E-state index contributed by atoms with van der Waals surface area (Å²) in [5.41, 5.74) is 7.54. The number of benzene rings is 1. The topological polar surface area (TPSA) is 64.9 Å². The maximum atomic E-state index is 13.1. The van der Waals surface area contributed by atoms with E-state index in [4.69, 9.17) is 10.3 Å². The summed E-state index contributed by atoms with van der Waals surface area (Å²) >= 11 is 0. The van der Waals surface area contributed by atoms with Crippen molar-refractivity contribution in [2.24, 2.45) is 11.7 Å². The molecule has 2 N–H and O–H groups in total. The minimum Gasteiger partial charge on any atom is -0.339 e. The highest BCUT2D eigenvalue weighted by molar-refractivity contribution is 5.59. The fourth-order valence-electron chi connectivity index (χ4n) is 2.48. The number of nitrogens with zero attached hydrogens (tertiary/aromatic N) is 2. The highest BCUT2D eigenvalue weighted by atomic mass is 19.1. The molecule has 1 heterocycles. The van der Waals surface area contributed by atoms with E-state index in [0.29, 0.717) is 17.6 Å². The molecule has 1 aromatic heterocycles. The molecule has 0 fully saturated rings. The second kappa shape index (κ2) is 5.71. The van der Waals surface area contributed by atoms with E-state index in [9.17, 15) is 4.39 Å². The van der Waals surface area contributed by atoms with Crippen LogP contribution in [0, 0.1) is 18.7 Å². The molecule has 2 aromatic rings. The first-order valence-corrected chi connectivity index (χ1v) is 6.76. The van der Waals surface area contributed by atoms with Crippen molar-refractivity contribution in [1.29, 1.82) is 0 Å². The Morgan fingerprint density at radius 3 is 2.50 bits per heavy atom. The molecule has 0 amide bonds. The van der Waals surface area contributed by atoms with Gasteiger partial charge in [0.25, 0.3) is 0 Å². The number of aryl methyl sites for hydroxylation is 1. The second-order valence-corrected chi connectivity index (χ2v) is 5.54. The smallest absolute Gasteiger partial charge is 0.231 e. The average molecular weight is 277 g/mol. The van der Waals surface area contributed by atoms with Crippen LogP contribution in [-0.4, -0.2) is 16.2 Å². The van der Waals surface area contributed by atoms with Crippen molar-refractivity contribution in [3.05, 3.63) is 35.5 Å². The van der Waals surface area contributed by atoms with Crippen molar-refractivity contribution < 1.29 is 8.91 Å². The van der Waals surface area contributed by atoms with Crippen molar-refractivity contribution in [2.45, 2.75) is 39.7 Å². The van der Waals surface area contributed by atoms with E-state index in [0.717, 1.165) is 11.1 Å². The van der Waals surface area contributed by atoms with E-state index >= 15 is 0 Å². The van der Waals surface area contributed by atoms with Gasteiger partial charge in [-0.1, -0.05) is 19.0 Å². The van der Waals surface area contributed by atoms with Crippen LogP contribution in [0.25, 0.3) is 11.4 Å². The van der Waals surface area contributed by atoms with Gasteiger partial charge in [-0.3, -0.25) is 0 Å². The molecule has 2 rings (SSSR count). The summed E-state index contributed by atoms with van der Waals surface area (Å²) in [5.74, 6) is 1.05. The van der Waals surface area contributed by atoms with Gasteiger partial charge in [-0.25, -0.2) is 4.39 Å². The van der Waals surface area contributed by atoms with Gasteiger partial charge in [0.15, 0.2) is 0 Å². The number of hydrogen-bond acceptors (Lipinski definition) is 4. The summed E-state index contributed by atoms with van der Waals surface area (Å²) in [6.07, 6.45) is 0. The van der Waals surface area contributed by atoms with E-state index in [2.05, 4.69) is 24.0 Å². The Labute approximate surface area is 118 Å². The SMILES string of the molecule is Cc1cc(F)ccc1-c1noc(C(C(C)C)C(C)N)n1. The molecular formula is C15H20FN3O. The Morgan fingerprint density at radius 2 is 1.95 bits per heavy atom. The third kappa shape index (κ3) is 2.88. The van der Waals surface area contributed by atoms with E-state index in [-0.39, 0.29) is 17.8 Å². The van der Waals surface area contributed by atoms with E-state index in [1.165, 1.54) is 12.1 Å². The molecule has 2 unspecified atom stereocenters. The first-order valence-electron chi connectivity index (χ1n) is 6.76.